The monoisotopic (exact) mass is 302 g/mol. The number of nitrogens with zero attached hydrogens (tertiary/aromatic N) is 2. The molecule has 1 heterocycles. The molecule has 0 amide bonds. The maximum absolute atomic E-state index is 13.7. The predicted molar refractivity (Wildman–Crippen MR) is 72.0 cm³/mol. The molecule has 0 aliphatic rings. The SMILES string of the molecule is O=C(O)c1ccc(-c2noc(-c3c(F)cccc3F)n2)cc1. The molecule has 110 valence electrons. The van der Waals surface area contributed by atoms with Crippen molar-refractivity contribution in [3.8, 4) is 22.8 Å². The summed E-state index contributed by atoms with van der Waals surface area (Å²) in [7, 11) is 0. The first-order chi connectivity index (χ1) is 10.6. The van der Waals surface area contributed by atoms with Crippen LogP contribution in [0, 0.1) is 11.6 Å². The van der Waals surface area contributed by atoms with Crippen LogP contribution in [-0.2, 0) is 0 Å². The number of aromatic carboxylic acids is 1. The van der Waals surface area contributed by atoms with E-state index in [4.69, 9.17) is 9.63 Å². The highest BCUT2D eigenvalue weighted by Gasteiger charge is 2.18. The number of halogens is 2. The number of benzene rings is 2. The minimum absolute atomic E-state index is 0.104. The predicted octanol–water partition coefficient (Wildman–Crippen LogP) is 3.38. The molecule has 0 aliphatic carbocycles. The Morgan fingerprint density at radius 3 is 2.27 bits per heavy atom. The highest BCUT2D eigenvalue weighted by atomic mass is 19.1. The fourth-order valence-electron chi connectivity index (χ4n) is 1.91. The van der Waals surface area contributed by atoms with Crippen LogP contribution < -0.4 is 0 Å². The van der Waals surface area contributed by atoms with Gasteiger partial charge in [0.2, 0.25) is 5.82 Å². The van der Waals surface area contributed by atoms with E-state index in [2.05, 4.69) is 10.1 Å². The number of carboxylic acids is 1. The molecule has 0 spiro atoms. The van der Waals surface area contributed by atoms with E-state index >= 15 is 0 Å². The summed E-state index contributed by atoms with van der Waals surface area (Å²) in [5.41, 5.74) is 0.174. The second-order valence-corrected chi connectivity index (χ2v) is 4.40. The summed E-state index contributed by atoms with van der Waals surface area (Å²) in [6.07, 6.45) is 0. The van der Waals surface area contributed by atoms with Crippen molar-refractivity contribution in [3.63, 3.8) is 0 Å². The van der Waals surface area contributed by atoms with Gasteiger partial charge in [-0.15, -0.1) is 0 Å². The smallest absolute Gasteiger partial charge is 0.335 e. The van der Waals surface area contributed by atoms with Crippen LogP contribution in [0.25, 0.3) is 22.8 Å². The van der Waals surface area contributed by atoms with Gasteiger partial charge >= 0.3 is 5.97 Å². The zero-order chi connectivity index (χ0) is 15.7. The average molecular weight is 302 g/mol. The molecule has 0 radical (unpaired) electrons. The summed E-state index contributed by atoms with van der Waals surface area (Å²) >= 11 is 0. The Labute approximate surface area is 122 Å². The second-order valence-electron chi connectivity index (χ2n) is 4.40. The van der Waals surface area contributed by atoms with Gasteiger partial charge in [-0.1, -0.05) is 23.4 Å². The number of carbonyl (C=O) groups is 1. The Kier molecular flexibility index (Phi) is 3.38. The van der Waals surface area contributed by atoms with Gasteiger partial charge < -0.3 is 9.63 Å². The Morgan fingerprint density at radius 1 is 1.05 bits per heavy atom. The summed E-state index contributed by atoms with van der Waals surface area (Å²) in [6, 6.07) is 9.12. The van der Waals surface area contributed by atoms with E-state index in [9.17, 15) is 13.6 Å². The molecule has 5 nitrogen and oxygen atoms in total. The van der Waals surface area contributed by atoms with Gasteiger partial charge in [0, 0.05) is 5.56 Å². The summed E-state index contributed by atoms with van der Waals surface area (Å²) in [6.45, 7) is 0. The van der Waals surface area contributed by atoms with Gasteiger partial charge in [-0.3, -0.25) is 0 Å². The van der Waals surface area contributed by atoms with Crippen LogP contribution in [0.3, 0.4) is 0 Å². The summed E-state index contributed by atoms with van der Waals surface area (Å²) < 4.78 is 32.2. The molecule has 1 aromatic heterocycles. The summed E-state index contributed by atoms with van der Waals surface area (Å²) in [5, 5.41) is 12.5. The minimum Gasteiger partial charge on any atom is -0.478 e. The Hall–Kier alpha value is -3.09. The lowest BCUT2D eigenvalue weighted by molar-refractivity contribution is 0.0697. The zero-order valence-corrected chi connectivity index (χ0v) is 11.0. The molecule has 0 fully saturated rings. The number of carboxylic acid groups (broad SMARTS) is 1. The van der Waals surface area contributed by atoms with Crippen LogP contribution in [-0.4, -0.2) is 21.2 Å². The molecule has 0 saturated heterocycles. The molecule has 0 unspecified atom stereocenters. The quantitative estimate of drug-likeness (QED) is 0.802. The van der Waals surface area contributed by atoms with Gasteiger partial charge in [0.1, 0.15) is 17.2 Å². The Morgan fingerprint density at radius 2 is 1.68 bits per heavy atom. The van der Waals surface area contributed by atoms with Gasteiger partial charge in [0.25, 0.3) is 5.89 Å². The fourth-order valence-corrected chi connectivity index (χ4v) is 1.91. The first-order valence-corrected chi connectivity index (χ1v) is 6.18. The van der Waals surface area contributed by atoms with Crippen LogP contribution >= 0.6 is 0 Å². The van der Waals surface area contributed by atoms with E-state index in [1.807, 2.05) is 0 Å². The van der Waals surface area contributed by atoms with Crippen LogP contribution in [0.15, 0.2) is 47.0 Å². The number of aromatic nitrogens is 2. The van der Waals surface area contributed by atoms with Crippen molar-refractivity contribution in [2.45, 2.75) is 0 Å². The number of hydrogen-bond donors (Lipinski definition) is 1. The van der Waals surface area contributed by atoms with E-state index in [0.717, 1.165) is 12.1 Å². The topological polar surface area (TPSA) is 76.2 Å². The van der Waals surface area contributed by atoms with Crippen LogP contribution in [0.1, 0.15) is 10.4 Å². The molecule has 7 heteroatoms. The Balaban J connectivity index is 1.99. The van der Waals surface area contributed by atoms with Crippen molar-refractivity contribution in [2.75, 3.05) is 0 Å². The van der Waals surface area contributed by atoms with Gasteiger partial charge in [0.05, 0.1) is 5.56 Å². The molecule has 0 bridgehead atoms. The van der Waals surface area contributed by atoms with Gasteiger partial charge in [-0.05, 0) is 24.3 Å². The molecular weight excluding hydrogens is 294 g/mol. The van der Waals surface area contributed by atoms with Gasteiger partial charge in [0.15, 0.2) is 0 Å². The van der Waals surface area contributed by atoms with Gasteiger partial charge in [-0.25, -0.2) is 13.6 Å². The van der Waals surface area contributed by atoms with Crippen molar-refractivity contribution in [1.82, 2.24) is 10.1 Å². The van der Waals surface area contributed by atoms with E-state index in [0.29, 0.717) is 5.56 Å². The molecular formula is C15H8F2N2O3. The Bertz CT molecular complexity index is 824. The van der Waals surface area contributed by atoms with Crippen molar-refractivity contribution in [3.05, 3.63) is 59.7 Å². The third kappa shape index (κ3) is 2.44. The van der Waals surface area contributed by atoms with E-state index in [-0.39, 0.29) is 17.3 Å². The van der Waals surface area contributed by atoms with Crippen LogP contribution in [0.2, 0.25) is 0 Å². The zero-order valence-electron chi connectivity index (χ0n) is 11.0. The molecule has 0 saturated carbocycles. The highest BCUT2D eigenvalue weighted by molar-refractivity contribution is 5.88. The highest BCUT2D eigenvalue weighted by Crippen LogP contribution is 2.26. The van der Waals surface area contributed by atoms with Crippen molar-refractivity contribution in [1.29, 1.82) is 0 Å². The molecule has 22 heavy (non-hydrogen) atoms. The van der Waals surface area contributed by atoms with Crippen molar-refractivity contribution < 1.29 is 23.2 Å². The van der Waals surface area contributed by atoms with Crippen molar-refractivity contribution >= 4 is 5.97 Å². The second kappa shape index (κ2) is 5.36. The lowest BCUT2D eigenvalue weighted by atomic mass is 10.1. The molecule has 3 aromatic rings. The third-order valence-corrected chi connectivity index (χ3v) is 2.99. The third-order valence-electron chi connectivity index (χ3n) is 2.99. The van der Waals surface area contributed by atoms with E-state index < -0.39 is 23.2 Å². The minimum atomic E-state index is -1.06. The molecule has 0 atom stereocenters. The normalized spacial score (nSPS) is 10.6. The lowest BCUT2D eigenvalue weighted by Gasteiger charge is -1.98. The van der Waals surface area contributed by atoms with Gasteiger partial charge in [-0.2, -0.15) is 4.98 Å². The van der Waals surface area contributed by atoms with E-state index in [1.54, 1.807) is 0 Å². The number of hydrogen-bond acceptors (Lipinski definition) is 4. The van der Waals surface area contributed by atoms with Crippen LogP contribution in [0.4, 0.5) is 8.78 Å². The molecule has 2 aromatic carbocycles. The summed E-state index contributed by atoms with van der Waals surface area (Å²) in [5.74, 6) is -2.86. The first-order valence-electron chi connectivity index (χ1n) is 6.18. The van der Waals surface area contributed by atoms with Crippen LogP contribution in [0.5, 0.6) is 0 Å². The van der Waals surface area contributed by atoms with Crippen molar-refractivity contribution in [2.24, 2.45) is 0 Å². The molecule has 1 N–H and O–H groups in total. The fraction of sp³-hybridized carbons (Fsp3) is 0. The average Bonchev–Trinajstić information content (AvgIpc) is 2.97. The maximum atomic E-state index is 13.7. The number of rotatable bonds is 3. The van der Waals surface area contributed by atoms with E-state index in [1.165, 1.54) is 30.3 Å². The first kappa shape index (κ1) is 13.9. The summed E-state index contributed by atoms with van der Waals surface area (Å²) in [4.78, 5) is 14.7. The lowest BCUT2D eigenvalue weighted by Crippen LogP contribution is -1.95. The molecule has 3 rings (SSSR count). The standard InChI is InChI=1S/C15H8F2N2O3/c16-10-2-1-3-11(17)12(10)14-18-13(19-22-14)8-4-6-9(7-5-8)15(20)21/h1-7H,(H,20,21). The largest absolute Gasteiger partial charge is 0.478 e. The molecule has 0 aliphatic heterocycles. The maximum Gasteiger partial charge on any atom is 0.335 e.